The van der Waals surface area contributed by atoms with Gasteiger partial charge < -0.3 is 5.32 Å². The van der Waals surface area contributed by atoms with Crippen LogP contribution in [0.15, 0.2) is 30.6 Å². The van der Waals surface area contributed by atoms with Gasteiger partial charge in [0.05, 0.1) is 0 Å². The molecule has 0 aromatic carbocycles. The highest BCUT2D eigenvalue weighted by Crippen LogP contribution is 1.73. The van der Waals surface area contributed by atoms with Gasteiger partial charge in [-0.1, -0.05) is 13.0 Å². The minimum atomic E-state index is 1.07. The van der Waals surface area contributed by atoms with Gasteiger partial charge in [0, 0.05) is 12.4 Å². The molecule has 56 valence electrons. The molecular weight excluding hydrogens is 124 g/mol. The summed E-state index contributed by atoms with van der Waals surface area (Å²) in [6.45, 7) is 3.14. The summed E-state index contributed by atoms with van der Waals surface area (Å²) in [6, 6.07) is 5.72. The summed E-state index contributed by atoms with van der Waals surface area (Å²) < 4.78 is 0. The van der Waals surface area contributed by atoms with E-state index in [1.165, 1.54) is 0 Å². The van der Waals surface area contributed by atoms with E-state index in [-0.39, 0.29) is 0 Å². The summed E-state index contributed by atoms with van der Waals surface area (Å²) in [5, 5.41) is 2.93. The van der Waals surface area contributed by atoms with Crippen LogP contribution in [-0.2, 0) is 0 Å². The number of aromatic nitrogens is 1. The largest absolute Gasteiger partial charge is 0.320 e. The lowest BCUT2D eigenvalue weighted by atomic mass is 10.5. The molecule has 0 atom stereocenters. The van der Waals surface area contributed by atoms with E-state index in [1.54, 1.807) is 12.4 Å². The fourth-order valence-electron chi connectivity index (χ4n) is 0.313. The Hall–Kier alpha value is -0.890. The van der Waals surface area contributed by atoms with Crippen LogP contribution >= 0.6 is 0 Å². The van der Waals surface area contributed by atoms with Gasteiger partial charge in [-0.3, -0.25) is 4.98 Å². The highest BCUT2D eigenvalue weighted by Gasteiger charge is 1.58. The molecule has 0 aliphatic carbocycles. The summed E-state index contributed by atoms with van der Waals surface area (Å²) >= 11 is 0. The summed E-state index contributed by atoms with van der Waals surface area (Å²) in [5.74, 6) is 0. The quantitative estimate of drug-likeness (QED) is 0.633. The van der Waals surface area contributed by atoms with E-state index in [2.05, 4.69) is 17.2 Å². The Morgan fingerprint density at radius 1 is 1.20 bits per heavy atom. The molecule has 0 unspecified atom stereocenters. The molecule has 1 N–H and O–H groups in total. The van der Waals surface area contributed by atoms with E-state index >= 15 is 0 Å². The van der Waals surface area contributed by atoms with Crippen molar-refractivity contribution >= 4 is 0 Å². The minimum Gasteiger partial charge on any atom is -0.320 e. The molecule has 0 amide bonds. The second kappa shape index (κ2) is 8.11. The van der Waals surface area contributed by atoms with Crippen molar-refractivity contribution in [3.63, 3.8) is 0 Å². The maximum absolute atomic E-state index is 3.78. The first-order valence-corrected chi connectivity index (χ1v) is 3.41. The Balaban J connectivity index is 0.000000180. The Bertz CT molecular complexity index is 99.2. The summed E-state index contributed by atoms with van der Waals surface area (Å²) in [6.07, 6.45) is 3.50. The number of nitrogens with one attached hydrogen (secondary N) is 1. The molecule has 0 saturated heterocycles. The molecular formula is C8H14N2. The number of hydrogen-bond donors (Lipinski definition) is 1. The van der Waals surface area contributed by atoms with Crippen LogP contribution in [0, 0.1) is 0 Å². The topological polar surface area (TPSA) is 24.9 Å². The average molecular weight is 138 g/mol. The van der Waals surface area contributed by atoms with Gasteiger partial charge in [0.25, 0.3) is 0 Å². The van der Waals surface area contributed by atoms with Crippen molar-refractivity contribution in [1.82, 2.24) is 10.3 Å². The third-order valence-electron chi connectivity index (χ3n) is 0.920. The molecule has 0 spiro atoms. The first kappa shape index (κ1) is 9.11. The molecule has 1 aromatic heterocycles. The number of hydrogen-bond acceptors (Lipinski definition) is 2. The molecule has 1 heterocycles. The predicted molar refractivity (Wildman–Crippen MR) is 43.8 cm³/mol. The Kier molecular flexibility index (Phi) is 7.39. The van der Waals surface area contributed by atoms with E-state index < -0.39 is 0 Å². The number of rotatable bonds is 1. The zero-order valence-corrected chi connectivity index (χ0v) is 6.54. The molecule has 2 heteroatoms. The van der Waals surface area contributed by atoms with Crippen molar-refractivity contribution in [2.24, 2.45) is 0 Å². The third-order valence-corrected chi connectivity index (χ3v) is 0.920. The molecule has 0 fully saturated rings. The van der Waals surface area contributed by atoms with Gasteiger partial charge >= 0.3 is 0 Å². The van der Waals surface area contributed by atoms with Crippen LogP contribution in [0.3, 0.4) is 0 Å². The van der Waals surface area contributed by atoms with Crippen LogP contribution in [0.25, 0.3) is 0 Å². The Morgan fingerprint density at radius 2 is 1.70 bits per heavy atom. The lowest BCUT2D eigenvalue weighted by Crippen LogP contribution is -2.01. The van der Waals surface area contributed by atoms with Crippen molar-refractivity contribution in [1.29, 1.82) is 0 Å². The van der Waals surface area contributed by atoms with E-state index in [4.69, 9.17) is 0 Å². The molecule has 1 rings (SSSR count). The fourth-order valence-corrected chi connectivity index (χ4v) is 0.313. The second-order valence-corrected chi connectivity index (χ2v) is 1.73. The molecule has 0 aliphatic rings. The Labute approximate surface area is 62.3 Å². The first-order valence-electron chi connectivity index (χ1n) is 3.41. The molecule has 0 bridgehead atoms. The number of pyridine rings is 1. The Morgan fingerprint density at radius 3 is 1.80 bits per heavy atom. The summed E-state index contributed by atoms with van der Waals surface area (Å²) in [5.41, 5.74) is 0. The highest BCUT2D eigenvalue weighted by atomic mass is 14.8. The van der Waals surface area contributed by atoms with Gasteiger partial charge in [0.15, 0.2) is 0 Å². The van der Waals surface area contributed by atoms with E-state index in [0.29, 0.717) is 0 Å². The van der Waals surface area contributed by atoms with Gasteiger partial charge in [-0.25, -0.2) is 0 Å². The molecule has 0 aliphatic heterocycles. The molecule has 10 heavy (non-hydrogen) atoms. The van der Waals surface area contributed by atoms with Crippen molar-refractivity contribution in [3.05, 3.63) is 30.6 Å². The van der Waals surface area contributed by atoms with Crippen LogP contribution in [0.1, 0.15) is 6.92 Å². The van der Waals surface area contributed by atoms with Gasteiger partial charge in [-0.2, -0.15) is 0 Å². The normalized spacial score (nSPS) is 7.80. The van der Waals surface area contributed by atoms with Gasteiger partial charge in [-0.15, -0.1) is 0 Å². The number of nitrogens with zero attached hydrogens (tertiary/aromatic N) is 1. The van der Waals surface area contributed by atoms with E-state index in [9.17, 15) is 0 Å². The maximum Gasteiger partial charge on any atom is 0.0267 e. The van der Waals surface area contributed by atoms with Crippen molar-refractivity contribution in [2.75, 3.05) is 13.6 Å². The SMILES string of the molecule is CCNC.c1ccncc1. The van der Waals surface area contributed by atoms with Crippen molar-refractivity contribution in [2.45, 2.75) is 6.92 Å². The van der Waals surface area contributed by atoms with Crippen LogP contribution in [-0.4, -0.2) is 18.6 Å². The lowest BCUT2D eigenvalue weighted by molar-refractivity contribution is 0.864. The molecule has 1 aromatic rings. The van der Waals surface area contributed by atoms with Crippen LogP contribution in [0.4, 0.5) is 0 Å². The second-order valence-electron chi connectivity index (χ2n) is 1.73. The van der Waals surface area contributed by atoms with E-state index in [0.717, 1.165) is 6.54 Å². The first-order chi connectivity index (χ1) is 4.91. The van der Waals surface area contributed by atoms with Crippen LogP contribution in [0.5, 0.6) is 0 Å². The molecule has 0 radical (unpaired) electrons. The fraction of sp³-hybridized carbons (Fsp3) is 0.375. The third kappa shape index (κ3) is 7.11. The van der Waals surface area contributed by atoms with Crippen molar-refractivity contribution < 1.29 is 0 Å². The molecule has 0 saturated carbocycles. The minimum absolute atomic E-state index is 1.07. The van der Waals surface area contributed by atoms with Gasteiger partial charge in [0.2, 0.25) is 0 Å². The average Bonchev–Trinajstić information content (AvgIpc) is 2.08. The lowest BCUT2D eigenvalue weighted by Gasteiger charge is -1.76. The highest BCUT2D eigenvalue weighted by molar-refractivity contribution is 4.88. The maximum atomic E-state index is 3.78. The molecule has 2 nitrogen and oxygen atoms in total. The zero-order valence-electron chi connectivity index (χ0n) is 6.54. The predicted octanol–water partition coefficient (Wildman–Crippen LogP) is 1.31. The standard InChI is InChI=1S/C5H5N.C3H9N/c1-2-4-6-5-3-1;1-3-4-2/h1-5H;4H,3H2,1-2H3. The van der Waals surface area contributed by atoms with Crippen molar-refractivity contribution in [3.8, 4) is 0 Å². The van der Waals surface area contributed by atoms with Gasteiger partial charge in [0.1, 0.15) is 0 Å². The zero-order chi connectivity index (χ0) is 7.66. The van der Waals surface area contributed by atoms with Gasteiger partial charge in [-0.05, 0) is 25.7 Å². The van der Waals surface area contributed by atoms with Crippen LogP contribution in [0.2, 0.25) is 0 Å². The summed E-state index contributed by atoms with van der Waals surface area (Å²) in [7, 11) is 1.93. The monoisotopic (exact) mass is 138 g/mol. The van der Waals surface area contributed by atoms with E-state index in [1.807, 2.05) is 25.2 Å². The van der Waals surface area contributed by atoms with Crippen LogP contribution < -0.4 is 5.32 Å². The smallest absolute Gasteiger partial charge is 0.0267 e. The summed E-state index contributed by atoms with van der Waals surface area (Å²) in [4.78, 5) is 3.78.